The van der Waals surface area contributed by atoms with E-state index in [1.807, 2.05) is 0 Å². The fourth-order valence-electron chi connectivity index (χ4n) is 3.91. The van der Waals surface area contributed by atoms with E-state index >= 15 is 0 Å². The van der Waals surface area contributed by atoms with Crippen molar-refractivity contribution in [3.05, 3.63) is 23.9 Å². The SMILES string of the molecule is CCC[CH2][Sn]([CH2]CCC)([CH2]CCC)[c]1ncccc1CC(C)(C)C. The molecule has 0 unspecified atom stereocenters. The van der Waals surface area contributed by atoms with E-state index in [1.54, 1.807) is 9.27 Å². The zero-order valence-corrected chi connectivity index (χ0v) is 20.1. The van der Waals surface area contributed by atoms with E-state index in [1.165, 1.54) is 58.3 Å². The van der Waals surface area contributed by atoms with Gasteiger partial charge in [0.1, 0.15) is 0 Å². The van der Waals surface area contributed by atoms with E-state index in [0.29, 0.717) is 5.41 Å². The Labute approximate surface area is 155 Å². The predicted molar refractivity (Wildman–Crippen MR) is 112 cm³/mol. The molecule has 1 aromatic heterocycles. The molecule has 0 saturated heterocycles. The first-order valence-electron chi connectivity index (χ1n) is 10.3. The van der Waals surface area contributed by atoms with E-state index in [4.69, 9.17) is 4.98 Å². The van der Waals surface area contributed by atoms with E-state index < -0.39 is 18.4 Å². The van der Waals surface area contributed by atoms with Gasteiger partial charge in [0.05, 0.1) is 0 Å². The summed E-state index contributed by atoms with van der Waals surface area (Å²) in [5, 5.41) is 0. The first-order valence-corrected chi connectivity index (χ1v) is 17.8. The quantitative estimate of drug-likeness (QED) is 0.349. The van der Waals surface area contributed by atoms with Crippen molar-refractivity contribution in [1.29, 1.82) is 0 Å². The van der Waals surface area contributed by atoms with Gasteiger partial charge in [-0.15, -0.1) is 0 Å². The minimum atomic E-state index is -2.40. The van der Waals surface area contributed by atoms with Crippen LogP contribution in [0.1, 0.15) is 85.6 Å². The van der Waals surface area contributed by atoms with Crippen LogP contribution in [-0.2, 0) is 6.42 Å². The molecule has 0 amide bonds. The van der Waals surface area contributed by atoms with Crippen LogP contribution >= 0.6 is 0 Å². The molecule has 1 heterocycles. The van der Waals surface area contributed by atoms with E-state index in [2.05, 4.69) is 59.9 Å². The second-order valence-corrected chi connectivity index (χ2v) is 21.8. The molecule has 0 aliphatic heterocycles. The van der Waals surface area contributed by atoms with Gasteiger partial charge < -0.3 is 0 Å². The summed E-state index contributed by atoms with van der Waals surface area (Å²) in [5.74, 6) is 0. The Morgan fingerprint density at radius 2 is 1.38 bits per heavy atom. The van der Waals surface area contributed by atoms with Gasteiger partial charge in [0, 0.05) is 0 Å². The van der Waals surface area contributed by atoms with Crippen LogP contribution in [0.2, 0.25) is 13.3 Å². The van der Waals surface area contributed by atoms with Crippen LogP contribution in [0.5, 0.6) is 0 Å². The first kappa shape index (κ1) is 22.0. The number of rotatable bonds is 11. The van der Waals surface area contributed by atoms with Crippen LogP contribution in [0.25, 0.3) is 0 Å². The topological polar surface area (TPSA) is 12.9 Å². The normalized spacial score (nSPS) is 12.6. The molecule has 0 aliphatic carbocycles. The number of hydrogen-bond donors (Lipinski definition) is 0. The molecule has 0 bridgehead atoms. The van der Waals surface area contributed by atoms with Crippen molar-refractivity contribution in [2.45, 2.75) is 99.8 Å². The molecule has 2 heteroatoms. The van der Waals surface area contributed by atoms with Crippen molar-refractivity contribution in [3.8, 4) is 0 Å². The van der Waals surface area contributed by atoms with E-state index in [-0.39, 0.29) is 0 Å². The van der Waals surface area contributed by atoms with Crippen LogP contribution in [0.15, 0.2) is 18.3 Å². The van der Waals surface area contributed by atoms with Gasteiger partial charge in [-0.1, -0.05) is 0 Å². The molecule has 24 heavy (non-hydrogen) atoms. The third-order valence-electron chi connectivity index (χ3n) is 5.14. The number of unbranched alkanes of at least 4 members (excludes halogenated alkanes) is 3. The van der Waals surface area contributed by atoms with Gasteiger partial charge in [-0.2, -0.15) is 0 Å². The molecular formula is C22H41NSn. The molecule has 0 N–H and O–H groups in total. The molecule has 1 rings (SSSR count). The molecule has 0 fully saturated rings. The zero-order valence-electron chi connectivity index (χ0n) is 17.3. The molecule has 0 spiro atoms. The molecule has 0 saturated carbocycles. The van der Waals surface area contributed by atoms with Crippen molar-refractivity contribution in [2.75, 3.05) is 0 Å². The van der Waals surface area contributed by atoms with Gasteiger partial charge >= 0.3 is 156 Å². The summed E-state index contributed by atoms with van der Waals surface area (Å²) < 4.78 is 6.18. The second kappa shape index (κ2) is 10.8. The summed E-state index contributed by atoms with van der Waals surface area (Å²) in [4.78, 5) is 5.09. The van der Waals surface area contributed by atoms with Crippen molar-refractivity contribution in [2.24, 2.45) is 5.41 Å². The van der Waals surface area contributed by atoms with Crippen LogP contribution < -0.4 is 3.71 Å². The van der Waals surface area contributed by atoms with Crippen LogP contribution in [-0.4, -0.2) is 23.4 Å². The summed E-state index contributed by atoms with van der Waals surface area (Å²) in [6, 6.07) is 4.56. The van der Waals surface area contributed by atoms with Crippen LogP contribution in [0, 0.1) is 5.41 Å². The molecule has 0 aromatic carbocycles. The van der Waals surface area contributed by atoms with Crippen molar-refractivity contribution in [3.63, 3.8) is 0 Å². The maximum absolute atomic E-state index is 5.09. The average Bonchev–Trinajstić information content (AvgIpc) is 2.54. The summed E-state index contributed by atoms with van der Waals surface area (Å²) >= 11 is -2.40. The Balaban J connectivity index is 3.28. The summed E-state index contributed by atoms with van der Waals surface area (Å²) in [6.45, 7) is 14.2. The fourth-order valence-corrected chi connectivity index (χ4v) is 20.3. The monoisotopic (exact) mass is 439 g/mol. The van der Waals surface area contributed by atoms with E-state index in [9.17, 15) is 0 Å². The standard InChI is InChI=1S/C10H14N.3C4H9.Sn/c1-10(2,3)7-9-5-4-6-11-8-9;3*1-3-4-2;/h4-6H,7H2,1-3H3;3*1,3-4H2,2H3;. The molecule has 1 nitrogen and oxygen atoms in total. The summed E-state index contributed by atoms with van der Waals surface area (Å²) in [5.41, 5.74) is 1.93. The first-order chi connectivity index (χ1) is 11.4. The fraction of sp³-hybridized carbons (Fsp3) is 0.773. The molecule has 0 aliphatic rings. The average molecular weight is 438 g/mol. The molecule has 0 radical (unpaired) electrons. The third kappa shape index (κ3) is 7.06. The number of pyridine rings is 1. The molecular weight excluding hydrogens is 397 g/mol. The Morgan fingerprint density at radius 1 is 0.875 bits per heavy atom. The Morgan fingerprint density at radius 3 is 1.79 bits per heavy atom. The van der Waals surface area contributed by atoms with Gasteiger partial charge in [-0.25, -0.2) is 0 Å². The summed E-state index contributed by atoms with van der Waals surface area (Å²) in [6.07, 6.45) is 11.5. The van der Waals surface area contributed by atoms with Crippen molar-refractivity contribution in [1.82, 2.24) is 4.98 Å². The second-order valence-electron chi connectivity index (χ2n) is 8.84. The third-order valence-corrected chi connectivity index (χ3v) is 20.5. The molecule has 0 atom stereocenters. The Bertz CT molecular complexity index is 440. The maximum atomic E-state index is 5.09. The molecule has 138 valence electrons. The van der Waals surface area contributed by atoms with Gasteiger partial charge in [0.15, 0.2) is 0 Å². The molecule has 1 aromatic rings. The summed E-state index contributed by atoms with van der Waals surface area (Å²) in [7, 11) is 0. The van der Waals surface area contributed by atoms with Gasteiger partial charge in [-0.3, -0.25) is 0 Å². The van der Waals surface area contributed by atoms with Gasteiger partial charge in [0.25, 0.3) is 0 Å². The van der Waals surface area contributed by atoms with E-state index in [0.717, 1.165) is 0 Å². The number of aromatic nitrogens is 1. The Hall–Kier alpha value is -0.0513. The van der Waals surface area contributed by atoms with Crippen LogP contribution in [0.4, 0.5) is 0 Å². The van der Waals surface area contributed by atoms with Crippen molar-refractivity contribution < 1.29 is 0 Å². The van der Waals surface area contributed by atoms with Gasteiger partial charge in [-0.05, 0) is 0 Å². The zero-order chi connectivity index (χ0) is 18.1. The van der Waals surface area contributed by atoms with Crippen LogP contribution in [0.3, 0.4) is 0 Å². The van der Waals surface area contributed by atoms with Gasteiger partial charge in [0.2, 0.25) is 0 Å². The number of hydrogen-bond acceptors (Lipinski definition) is 1. The Kier molecular flexibility index (Phi) is 9.92. The minimum absolute atomic E-state index is 0.343. The predicted octanol–water partition coefficient (Wildman–Crippen LogP) is 6.73. The van der Waals surface area contributed by atoms with Crippen molar-refractivity contribution >= 4 is 22.1 Å². The number of nitrogens with zero attached hydrogens (tertiary/aromatic N) is 1.